The molecule has 4 rings (SSSR count). The highest BCUT2D eigenvalue weighted by Gasteiger charge is 2.32. The van der Waals surface area contributed by atoms with Crippen LogP contribution in [0.15, 0.2) is 30.5 Å². The van der Waals surface area contributed by atoms with E-state index in [1.807, 2.05) is 24.3 Å². The number of hydrogen-bond donors (Lipinski definition) is 2. The zero-order valence-corrected chi connectivity index (χ0v) is 19.0. The van der Waals surface area contributed by atoms with Gasteiger partial charge in [0.1, 0.15) is 18.1 Å². The van der Waals surface area contributed by atoms with Gasteiger partial charge in [0.2, 0.25) is 5.88 Å². The fourth-order valence-corrected chi connectivity index (χ4v) is 3.48. The fourth-order valence-electron chi connectivity index (χ4n) is 3.48. The molecule has 2 aromatic rings. The molecule has 0 saturated carbocycles. The number of nitrogens with zero attached hydrogens (tertiary/aromatic N) is 1. The van der Waals surface area contributed by atoms with Crippen LogP contribution in [0.1, 0.15) is 50.3 Å². The third-order valence-corrected chi connectivity index (χ3v) is 5.25. The zero-order valence-electron chi connectivity index (χ0n) is 19.0. The third-order valence-electron chi connectivity index (χ3n) is 5.25. The first kappa shape index (κ1) is 22.0. The maximum atomic E-state index is 7.51. The number of pyridine rings is 1. The van der Waals surface area contributed by atoms with Crippen LogP contribution >= 0.6 is 0 Å². The largest absolute Gasteiger partial charge is 0.491 e. The van der Waals surface area contributed by atoms with Gasteiger partial charge in [0, 0.05) is 16.7 Å². The van der Waals surface area contributed by atoms with Gasteiger partial charge in [0.05, 0.1) is 37.4 Å². The molecule has 2 aliphatic heterocycles. The van der Waals surface area contributed by atoms with E-state index in [0.717, 1.165) is 16.7 Å². The molecule has 1 fully saturated rings. The number of rotatable bonds is 4. The molecule has 1 unspecified atom stereocenters. The molecule has 0 amide bonds. The summed E-state index contributed by atoms with van der Waals surface area (Å²) in [5, 5.41) is 7.51. The van der Waals surface area contributed by atoms with Crippen molar-refractivity contribution in [3.05, 3.63) is 47.2 Å². The van der Waals surface area contributed by atoms with Crippen molar-refractivity contribution < 1.29 is 18.9 Å². The van der Waals surface area contributed by atoms with Gasteiger partial charge in [-0.05, 0) is 36.6 Å². The predicted molar refractivity (Wildman–Crippen MR) is 121 cm³/mol. The Balaban J connectivity index is 1.67. The molecule has 2 aliphatic rings. The van der Waals surface area contributed by atoms with Gasteiger partial charge in [0.15, 0.2) is 0 Å². The first-order valence-corrected chi connectivity index (χ1v) is 10.6. The summed E-state index contributed by atoms with van der Waals surface area (Å²) in [6, 6.07) is 7.43. The molecular formula is C25H29N3O4. The zero-order chi connectivity index (χ0) is 22.9. The highest BCUT2D eigenvalue weighted by Crippen LogP contribution is 2.44. The molecule has 3 heterocycles. The number of fused-ring (bicyclic) bond motifs is 2. The summed E-state index contributed by atoms with van der Waals surface area (Å²) in [6.45, 7) is 10.5. The van der Waals surface area contributed by atoms with Crippen LogP contribution in [0, 0.1) is 28.1 Å². The van der Waals surface area contributed by atoms with E-state index in [9.17, 15) is 0 Å². The molecule has 7 heteroatoms. The monoisotopic (exact) mass is 435 g/mol. The Kier molecular flexibility index (Phi) is 5.74. The van der Waals surface area contributed by atoms with Gasteiger partial charge >= 0.3 is 0 Å². The molecule has 3 N–H and O–H groups in total. The highest BCUT2D eigenvalue weighted by molar-refractivity contribution is 5.67. The summed E-state index contributed by atoms with van der Waals surface area (Å²) in [7, 11) is 0. The molecule has 168 valence electrons. The first-order chi connectivity index (χ1) is 15.1. The van der Waals surface area contributed by atoms with E-state index in [2.05, 4.69) is 44.5 Å². The van der Waals surface area contributed by atoms with Crippen molar-refractivity contribution in [3.63, 3.8) is 0 Å². The summed E-state index contributed by atoms with van der Waals surface area (Å²) in [6.07, 6.45) is 1.67. The molecule has 0 aliphatic carbocycles. The molecule has 7 nitrogen and oxygen atoms in total. The average molecular weight is 436 g/mol. The average Bonchev–Trinajstić information content (AvgIpc) is 2.71. The Morgan fingerprint density at radius 3 is 2.72 bits per heavy atom. The van der Waals surface area contributed by atoms with Crippen molar-refractivity contribution in [1.82, 2.24) is 4.98 Å². The number of amidine groups is 1. The number of hydrogen-bond acceptors (Lipinski definition) is 6. The van der Waals surface area contributed by atoms with Crippen molar-refractivity contribution in [2.75, 3.05) is 26.4 Å². The van der Waals surface area contributed by atoms with E-state index < -0.39 is 0 Å². The van der Waals surface area contributed by atoms with Gasteiger partial charge in [-0.3, -0.25) is 5.41 Å². The van der Waals surface area contributed by atoms with Crippen molar-refractivity contribution in [1.29, 1.82) is 5.41 Å². The fraction of sp³-hybridized carbons (Fsp3) is 0.440. The predicted octanol–water partition coefficient (Wildman–Crippen LogP) is 4.04. The number of nitrogens with two attached hydrogens (primary N) is 1. The SMILES string of the molecule is CC(C)(C)COc1cnc2c(c1)C(COC(=N)N)c1cc(C#CC3(C)COC3)ccc1O2. The number of benzene rings is 1. The van der Waals surface area contributed by atoms with E-state index in [-0.39, 0.29) is 29.4 Å². The molecule has 1 aromatic carbocycles. The van der Waals surface area contributed by atoms with Crippen LogP contribution in [-0.2, 0) is 9.47 Å². The van der Waals surface area contributed by atoms with Crippen LogP contribution in [0.25, 0.3) is 0 Å². The van der Waals surface area contributed by atoms with Crippen molar-refractivity contribution in [2.45, 2.75) is 33.6 Å². The molecule has 32 heavy (non-hydrogen) atoms. The van der Waals surface area contributed by atoms with Gasteiger partial charge < -0.3 is 24.7 Å². The maximum Gasteiger partial charge on any atom is 0.279 e. The molecule has 0 bridgehead atoms. The second-order valence-electron chi connectivity index (χ2n) is 9.80. The number of nitrogens with one attached hydrogen (secondary N) is 1. The standard InChI is InChI=1S/C25H29N3O4/c1-24(2,3)13-31-17-10-19-20(12-30-23(26)27)18-9-16(7-8-25(4)14-29-15-25)5-6-21(18)32-22(19)28-11-17/h5-6,9-11,20H,12-15H2,1-4H3,(H3,26,27). The minimum Gasteiger partial charge on any atom is -0.491 e. The van der Waals surface area contributed by atoms with Gasteiger partial charge in [-0.25, -0.2) is 4.98 Å². The normalized spacial score (nSPS) is 18.1. The van der Waals surface area contributed by atoms with Crippen molar-refractivity contribution in [2.24, 2.45) is 16.6 Å². The van der Waals surface area contributed by atoms with Crippen molar-refractivity contribution >= 4 is 6.02 Å². The molecule has 1 saturated heterocycles. The van der Waals surface area contributed by atoms with Crippen LogP contribution < -0.4 is 15.2 Å². The Labute approximate surface area is 188 Å². The van der Waals surface area contributed by atoms with Crippen LogP contribution in [0.4, 0.5) is 0 Å². The molecule has 1 aromatic heterocycles. The minimum atomic E-state index is -0.332. The Morgan fingerprint density at radius 1 is 1.28 bits per heavy atom. The van der Waals surface area contributed by atoms with Gasteiger partial charge in [-0.1, -0.05) is 32.6 Å². The lowest BCUT2D eigenvalue weighted by molar-refractivity contribution is -0.0648. The molecule has 0 spiro atoms. The lowest BCUT2D eigenvalue weighted by Gasteiger charge is -2.32. The number of ether oxygens (including phenoxy) is 4. The molecule has 1 atom stereocenters. The quantitative estimate of drug-likeness (QED) is 0.427. The highest BCUT2D eigenvalue weighted by atomic mass is 16.5. The van der Waals surface area contributed by atoms with Gasteiger partial charge in [0.25, 0.3) is 6.02 Å². The molecular weight excluding hydrogens is 406 g/mol. The first-order valence-electron chi connectivity index (χ1n) is 10.6. The summed E-state index contributed by atoms with van der Waals surface area (Å²) < 4.78 is 22.7. The summed E-state index contributed by atoms with van der Waals surface area (Å²) in [5.74, 6) is 8.19. The smallest absolute Gasteiger partial charge is 0.279 e. The summed E-state index contributed by atoms with van der Waals surface area (Å²) in [4.78, 5) is 4.48. The summed E-state index contributed by atoms with van der Waals surface area (Å²) >= 11 is 0. The van der Waals surface area contributed by atoms with Crippen molar-refractivity contribution in [3.8, 4) is 29.2 Å². The topological polar surface area (TPSA) is 99.7 Å². The van der Waals surface area contributed by atoms with Crippen LogP contribution in [0.5, 0.6) is 17.4 Å². The third kappa shape index (κ3) is 4.97. The van der Waals surface area contributed by atoms with E-state index in [1.54, 1.807) is 6.20 Å². The Morgan fingerprint density at radius 2 is 2.06 bits per heavy atom. The molecule has 0 radical (unpaired) electrons. The van der Waals surface area contributed by atoms with Gasteiger partial charge in [-0.15, -0.1) is 0 Å². The Hall–Kier alpha value is -3.24. The maximum absolute atomic E-state index is 7.51. The number of aromatic nitrogens is 1. The van der Waals surface area contributed by atoms with Gasteiger partial charge in [-0.2, -0.15) is 0 Å². The summed E-state index contributed by atoms with van der Waals surface area (Å²) in [5.41, 5.74) is 8.02. The van der Waals surface area contributed by atoms with E-state index >= 15 is 0 Å². The Bertz CT molecular complexity index is 1090. The van der Waals surface area contributed by atoms with E-state index in [1.165, 1.54) is 0 Å². The lowest BCUT2D eigenvalue weighted by atomic mass is 9.87. The van der Waals surface area contributed by atoms with Crippen LogP contribution in [0.2, 0.25) is 0 Å². The lowest BCUT2D eigenvalue weighted by Crippen LogP contribution is -2.38. The minimum absolute atomic E-state index is 0.0197. The van der Waals surface area contributed by atoms with Crippen LogP contribution in [0.3, 0.4) is 0 Å². The van der Waals surface area contributed by atoms with Crippen LogP contribution in [-0.4, -0.2) is 37.4 Å². The van der Waals surface area contributed by atoms with E-state index in [4.69, 9.17) is 30.1 Å². The van der Waals surface area contributed by atoms with E-state index in [0.29, 0.717) is 37.2 Å². The second kappa shape index (κ2) is 8.36. The second-order valence-corrected chi connectivity index (χ2v) is 9.80.